The molecule has 19 heavy (non-hydrogen) atoms. The Morgan fingerprint density at radius 3 is 2.47 bits per heavy atom. The third kappa shape index (κ3) is 3.37. The normalized spacial score (nSPS) is 16.2. The Morgan fingerprint density at radius 1 is 1.26 bits per heavy atom. The van der Waals surface area contributed by atoms with Gasteiger partial charge in [0.15, 0.2) is 0 Å². The van der Waals surface area contributed by atoms with E-state index in [1.54, 1.807) is 0 Å². The summed E-state index contributed by atoms with van der Waals surface area (Å²) in [6.07, 6.45) is 5.19. The fourth-order valence-electron chi connectivity index (χ4n) is 2.09. The second kappa shape index (κ2) is 5.35. The van der Waals surface area contributed by atoms with Crippen LogP contribution in [0.1, 0.15) is 57.8 Å². The van der Waals surface area contributed by atoms with Gasteiger partial charge in [0, 0.05) is 5.41 Å². The molecule has 0 aliphatic heterocycles. The lowest BCUT2D eigenvalue weighted by molar-refractivity contribution is 0.215. The van der Waals surface area contributed by atoms with Crippen molar-refractivity contribution in [3.63, 3.8) is 0 Å². The first-order chi connectivity index (χ1) is 8.88. The van der Waals surface area contributed by atoms with Gasteiger partial charge in [-0.25, -0.2) is 4.98 Å². The van der Waals surface area contributed by atoms with Crippen LogP contribution in [0.4, 0.5) is 5.82 Å². The molecule has 0 saturated heterocycles. The van der Waals surface area contributed by atoms with Crippen molar-refractivity contribution < 1.29 is 4.74 Å². The van der Waals surface area contributed by atoms with Crippen molar-refractivity contribution in [1.82, 2.24) is 9.97 Å². The van der Waals surface area contributed by atoms with E-state index < -0.39 is 0 Å². The molecule has 1 aliphatic rings. The van der Waals surface area contributed by atoms with Gasteiger partial charge in [-0.05, 0) is 19.3 Å². The Labute approximate surface area is 115 Å². The maximum atomic E-state index is 5.96. The van der Waals surface area contributed by atoms with Gasteiger partial charge in [-0.1, -0.05) is 40.0 Å². The Morgan fingerprint density at radius 2 is 1.95 bits per heavy atom. The lowest BCUT2D eigenvalue weighted by atomic mass is 9.83. The van der Waals surface area contributed by atoms with Crippen molar-refractivity contribution in [2.24, 2.45) is 5.92 Å². The van der Waals surface area contributed by atoms with Gasteiger partial charge in [-0.2, -0.15) is 4.98 Å². The van der Waals surface area contributed by atoms with Crippen molar-refractivity contribution in [3.05, 3.63) is 11.4 Å². The van der Waals surface area contributed by atoms with Crippen molar-refractivity contribution >= 4 is 5.82 Å². The SMILES string of the molecule is Cc1c(N)nc(C(C)(C)C)nc1OCCC1CCC1. The second-order valence-corrected chi connectivity index (χ2v) is 6.55. The summed E-state index contributed by atoms with van der Waals surface area (Å²) in [5, 5.41) is 0. The molecule has 0 amide bonds. The van der Waals surface area contributed by atoms with Crippen LogP contribution in [0, 0.1) is 12.8 Å². The van der Waals surface area contributed by atoms with E-state index >= 15 is 0 Å². The summed E-state index contributed by atoms with van der Waals surface area (Å²) in [5.41, 5.74) is 6.69. The van der Waals surface area contributed by atoms with Crippen LogP contribution in [0.3, 0.4) is 0 Å². The highest BCUT2D eigenvalue weighted by molar-refractivity contribution is 5.45. The van der Waals surface area contributed by atoms with Crippen molar-refractivity contribution in [3.8, 4) is 5.88 Å². The highest BCUT2D eigenvalue weighted by Gasteiger charge is 2.21. The number of nitrogens with zero attached hydrogens (tertiary/aromatic N) is 2. The standard InChI is InChI=1S/C15H25N3O/c1-10-12(16)17-14(15(2,3)4)18-13(10)19-9-8-11-6-5-7-11/h11H,5-9H2,1-4H3,(H2,16,17,18). The molecule has 0 atom stereocenters. The summed E-state index contributed by atoms with van der Waals surface area (Å²) >= 11 is 0. The largest absolute Gasteiger partial charge is 0.477 e. The van der Waals surface area contributed by atoms with Crippen LogP contribution in [0.15, 0.2) is 0 Å². The molecule has 0 bridgehead atoms. The second-order valence-electron chi connectivity index (χ2n) is 6.55. The average Bonchev–Trinajstić information content (AvgIpc) is 2.25. The predicted molar refractivity (Wildman–Crippen MR) is 77.3 cm³/mol. The zero-order valence-electron chi connectivity index (χ0n) is 12.5. The van der Waals surface area contributed by atoms with E-state index in [0.717, 1.165) is 30.3 Å². The number of rotatable bonds is 4. The van der Waals surface area contributed by atoms with Crippen LogP contribution in [-0.2, 0) is 5.41 Å². The Bertz CT molecular complexity index is 447. The quantitative estimate of drug-likeness (QED) is 0.906. The highest BCUT2D eigenvalue weighted by atomic mass is 16.5. The molecule has 2 N–H and O–H groups in total. The first kappa shape index (κ1) is 14.1. The third-order valence-corrected chi connectivity index (χ3v) is 3.80. The minimum atomic E-state index is -0.117. The fraction of sp³-hybridized carbons (Fsp3) is 0.733. The summed E-state index contributed by atoms with van der Waals surface area (Å²) < 4.78 is 5.83. The van der Waals surface area contributed by atoms with Gasteiger partial charge >= 0.3 is 0 Å². The van der Waals surface area contributed by atoms with Crippen LogP contribution in [0.25, 0.3) is 0 Å². The van der Waals surface area contributed by atoms with E-state index in [2.05, 4.69) is 30.7 Å². The molecule has 1 aliphatic carbocycles. The monoisotopic (exact) mass is 263 g/mol. The molecule has 4 nitrogen and oxygen atoms in total. The lowest BCUT2D eigenvalue weighted by Crippen LogP contribution is -2.19. The molecule has 4 heteroatoms. The molecule has 1 aromatic rings. The molecule has 1 fully saturated rings. The zero-order valence-corrected chi connectivity index (χ0v) is 12.5. The van der Waals surface area contributed by atoms with E-state index in [1.165, 1.54) is 19.3 Å². The number of nitrogens with two attached hydrogens (primary N) is 1. The molecule has 2 rings (SSSR count). The molecular weight excluding hydrogens is 238 g/mol. The van der Waals surface area contributed by atoms with E-state index in [4.69, 9.17) is 10.5 Å². The predicted octanol–water partition coefficient (Wildman–Crippen LogP) is 3.23. The number of nitrogen functional groups attached to an aromatic ring is 1. The van der Waals surface area contributed by atoms with Crippen molar-refractivity contribution in [2.75, 3.05) is 12.3 Å². The highest BCUT2D eigenvalue weighted by Crippen LogP contribution is 2.30. The first-order valence-electron chi connectivity index (χ1n) is 7.15. The minimum Gasteiger partial charge on any atom is -0.477 e. The topological polar surface area (TPSA) is 61.0 Å². The van der Waals surface area contributed by atoms with Gasteiger partial charge in [0.1, 0.15) is 11.6 Å². The van der Waals surface area contributed by atoms with Crippen molar-refractivity contribution in [2.45, 2.75) is 58.8 Å². The van der Waals surface area contributed by atoms with Gasteiger partial charge in [-0.3, -0.25) is 0 Å². The summed E-state index contributed by atoms with van der Waals surface area (Å²) in [7, 11) is 0. The lowest BCUT2D eigenvalue weighted by Gasteiger charge is -2.25. The Balaban J connectivity index is 2.07. The van der Waals surface area contributed by atoms with Crippen LogP contribution in [0.5, 0.6) is 5.88 Å². The summed E-state index contributed by atoms with van der Waals surface area (Å²) in [5.74, 6) is 2.77. The minimum absolute atomic E-state index is 0.117. The van der Waals surface area contributed by atoms with Gasteiger partial charge < -0.3 is 10.5 Å². The first-order valence-corrected chi connectivity index (χ1v) is 7.15. The summed E-state index contributed by atoms with van der Waals surface area (Å²) in [4.78, 5) is 8.89. The van der Waals surface area contributed by atoms with Crippen LogP contribution in [-0.4, -0.2) is 16.6 Å². The number of hydrogen-bond acceptors (Lipinski definition) is 4. The molecule has 0 spiro atoms. The average molecular weight is 263 g/mol. The van der Waals surface area contributed by atoms with E-state index in [0.29, 0.717) is 11.7 Å². The molecule has 0 radical (unpaired) electrons. The fourth-order valence-corrected chi connectivity index (χ4v) is 2.09. The number of ether oxygens (including phenoxy) is 1. The molecule has 1 aromatic heterocycles. The van der Waals surface area contributed by atoms with Gasteiger partial charge in [0.05, 0.1) is 12.2 Å². The number of hydrogen-bond donors (Lipinski definition) is 1. The molecule has 1 heterocycles. The molecule has 106 valence electrons. The van der Waals surface area contributed by atoms with Crippen LogP contribution >= 0.6 is 0 Å². The molecule has 0 aromatic carbocycles. The summed E-state index contributed by atoms with van der Waals surface area (Å²) in [6, 6.07) is 0. The Kier molecular flexibility index (Phi) is 3.97. The van der Waals surface area contributed by atoms with Crippen LogP contribution in [0.2, 0.25) is 0 Å². The zero-order chi connectivity index (χ0) is 14.0. The van der Waals surface area contributed by atoms with Gasteiger partial charge in [0.25, 0.3) is 0 Å². The van der Waals surface area contributed by atoms with E-state index in [9.17, 15) is 0 Å². The number of anilines is 1. The Hall–Kier alpha value is -1.32. The molecular formula is C15H25N3O. The van der Waals surface area contributed by atoms with E-state index in [-0.39, 0.29) is 5.41 Å². The van der Waals surface area contributed by atoms with E-state index in [1.807, 2.05) is 6.92 Å². The number of aromatic nitrogens is 2. The summed E-state index contributed by atoms with van der Waals surface area (Å²) in [6.45, 7) is 8.88. The van der Waals surface area contributed by atoms with Gasteiger partial charge in [-0.15, -0.1) is 0 Å². The third-order valence-electron chi connectivity index (χ3n) is 3.80. The molecule has 0 unspecified atom stereocenters. The van der Waals surface area contributed by atoms with Crippen molar-refractivity contribution in [1.29, 1.82) is 0 Å². The maximum absolute atomic E-state index is 5.96. The molecule has 1 saturated carbocycles. The van der Waals surface area contributed by atoms with Gasteiger partial charge in [0.2, 0.25) is 5.88 Å². The maximum Gasteiger partial charge on any atom is 0.221 e. The van der Waals surface area contributed by atoms with Crippen LogP contribution < -0.4 is 10.5 Å². The smallest absolute Gasteiger partial charge is 0.221 e.